The minimum Gasteiger partial charge on any atom is -0.507 e. The van der Waals surface area contributed by atoms with Gasteiger partial charge in [-0.25, -0.2) is 15.0 Å². The molecule has 0 spiro atoms. The highest BCUT2D eigenvalue weighted by Crippen LogP contribution is 2.30. The van der Waals surface area contributed by atoms with Gasteiger partial charge in [0, 0.05) is 16.7 Å². The van der Waals surface area contributed by atoms with Crippen LogP contribution >= 0.6 is 0 Å². The van der Waals surface area contributed by atoms with E-state index < -0.39 is 0 Å². The van der Waals surface area contributed by atoms with Crippen molar-refractivity contribution in [1.29, 1.82) is 0 Å². The molecule has 0 saturated heterocycles. The Morgan fingerprint density at radius 2 is 1.39 bits per heavy atom. The summed E-state index contributed by atoms with van der Waals surface area (Å²) in [6, 6.07) is 22.7. The van der Waals surface area contributed by atoms with Gasteiger partial charge in [0.15, 0.2) is 17.5 Å². The van der Waals surface area contributed by atoms with E-state index in [9.17, 15) is 5.11 Å². The number of ether oxygens (including phenoxy) is 1. The summed E-state index contributed by atoms with van der Waals surface area (Å²) < 4.78 is 5.49. The van der Waals surface area contributed by atoms with Crippen LogP contribution in [0.5, 0.6) is 5.75 Å². The van der Waals surface area contributed by atoms with Gasteiger partial charge < -0.3 is 9.84 Å². The zero-order valence-electron chi connectivity index (χ0n) is 17.5. The van der Waals surface area contributed by atoms with E-state index in [0.717, 1.165) is 22.3 Å². The van der Waals surface area contributed by atoms with Gasteiger partial charge in [-0.2, -0.15) is 0 Å². The molecule has 0 aliphatic carbocycles. The zero-order chi connectivity index (χ0) is 21.8. The molecule has 31 heavy (non-hydrogen) atoms. The number of hydrogen-bond acceptors (Lipinski definition) is 5. The number of phenols is 1. The third-order valence-electron chi connectivity index (χ3n) is 4.95. The summed E-state index contributed by atoms with van der Waals surface area (Å²) in [6.07, 6.45) is 0. The summed E-state index contributed by atoms with van der Waals surface area (Å²) in [6.45, 7) is 8.47. The number of aromatic hydroxyl groups is 1. The fraction of sp³-hybridized carbons (Fsp3) is 0.115. The second-order valence-electron chi connectivity index (χ2n) is 7.07. The largest absolute Gasteiger partial charge is 0.507 e. The number of nitrogens with zero attached hydrogens (tertiary/aromatic N) is 3. The smallest absolute Gasteiger partial charge is 0.167 e. The molecule has 154 valence electrons. The van der Waals surface area contributed by atoms with Crippen LogP contribution in [0, 0.1) is 6.92 Å². The van der Waals surface area contributed by atoms with Gasteiger partial charge in [-0.1, -0.05) is 67.2 Å². The summed E-state index contributed by atoms with van der Waals surface area (Å²) in [7, 11) is 0. The van der Waals surface area contributed by atoms with E-state index in [1.165, 1.54) is 0 Å². The second kappa shape index (κ2) is 8.79. The third-order valence-corrected chi connectivity index (χ3v) is 4.95. The van der Waals surface area contributed by atoms with Crippen molar-refractivity contribution in [2.24, 2.45) is 0 Å². The number of aryl methyl sites for hydroxylation is 1. The van der Waals surface area contributed by atoms with E-state index in [1.807, 2.05) is 68.4 Å². The van der Waals surface area contributed by atoms with E-state index >= 15 is 0 Å². The SMILES string of the molecule is C=C(OCC)c1ccc(-c2nc(-c3ccccc3C)nc(-c3ccccc3O)n2)cc1. The number of phenolic OH excluding ortho intramolecular Hbond substituents is 1. The summed E-state index contributed by atoms with van der Waals surface area (Å²) in [5.74, 6) is 2.26. The van der Waals surface area contributed by atoms with Crippen molar-refractivity contribution in [1.82, 2.24) is 15.0 Å². The molecule has 0 aliphatic rings. The summed E-state index contributed by atoms with van der Waals surface area (Å²) in [4.78, 5) is 14.1. The van der Waals surface area contributed by atoms with Crippen LogP contribution in [0.4, 0.5) is 0 Å². The van der Waals surface area contributed by atoms with E-state index in [1.54, 1.807) is 18.2 Å². The molecule has 5 nitrogen and oxygen atoms in total. The molecule has 0 fully saturated rings. The first-order valence-corrected chi connectivity index (χ1v) is 10.1. The average Bonchev–Trinajstić information content (AvgIpc) is 2.80. The van der Waals surface area contributed by atoms with E-state index in [0.29, 0.717) is 35.4 Å². The Morgan fingerprint density at radius 1 is 0.806 bits per heavy atom. The molecule has 0 atom stereocenters. The Bertz CT molecular complexity index is 1170. The summed E-state index contributed by atoms with van der Waals surface area (Å²) >= 11 is 0. The molecule has 0 bridgehead atoms. The van der Waals surface area contributed by atoms with Crippen LogP contribution in [-0.4, -0.2) is 26.7 Å². The lowest BCUT2D eigenvalue weighted by atomic mass is 10.1. The number of aromatic nitrogens is 3. The van der Waals surface area contributed by atoms with Gasteiger partial charge in [0.2, 0.25) is 0 Å². The monoisotopic (exact) mass is 409 g/mol. The summed E-state index contributed by atoms with van der Waals surface area (Å²) in [5, 5.41) is 10.4. The topological polar surface area (TPSA) is 68.1 Å². The predicted molar refractivity (Wildman–Crippen MR) is 123 cm³/mol. The highest BCUT2D eigenvalue weighted by atomic mass is 16.5. The molecule has 0 radical (unpaired) electrons. The molecule has 1 N–H and O–H groups in total. The quantitative estimate of drug-likeness (QED) is 0.402. The molecule has 0 amide bonds. The van der Waals surface area contributed by atoms with E-state index in [-0.39, 0.29) is 5.75 Å². The van der Waals surface area contributed by atoms with Crippen molar-refractivity contribution in [3.05, 3.63) is 90.5 Å². The predicted octanol–water partition coefficient (Wildman–Crippen LogP) is 5.89. The molecule has 4 rings (SSSR count). The normalized spacial score (nSPS) is 10.6. The minimum atomic E-state index is 0.124. The van der Waals surface area contributed by atoms with Gasteiger partial charge in [-0.15, -0.1) is 0 Å². The molecule has 0 saturated carbocycles. The standard InChI is InChI=1S/C26H23N3O2/c1-4-31-18(3)19-13-15-20(16-14-19)24-27-25(21-10-6-5-9-17(21)2)29-26(28-24)22-11-7-8-12-23(22)30/h5-16,30H,3-4H2,1-2H3. The minimum absolute atomic E-state index is 0.124. The van der Waals surface area contributed by atoms with Crippen molar-refractivity contribution in [3.8, 4) is 39.9 Å². The van der Waals surface area contributed by atoms with Crippen LogP contribution in [0.15, 0.2) is 79.4 Å². The van der Waals surface area contributed by atoms with Crippen LogP contribution in [0.3, 0.4) is 0 Å². The number of para-hydroxylation sites is 1. The molecule has 1 aromatic heterocycles. The van der Waals surface area contributed by atoms with Crippen LogP contribution in [0.1, 0.15) is 18.1 Å². The highest BCUT2D eigenvalue weighted by molar-refractivity contribution is 5.71. The lowest BCUT2D eigenvalue weighted by molar-refractivity contribution is 0.299. The van der Waals surface area contributed by atoms with Gasteiger partial charge >= 0.3 is 0 Å². The van der Waals surface area contributed by atoms with Crippen LogP contribution in [-0.2, 0) is 4.74 Å². The fourth-order valence-electron chi connectivity index (χ4n) is 3.30. The molecular weight excluding hydrogens is 386 g/mol. The van der Waals surface area contributed by atoms with Gasteiger partial charge in [0.1, 0.15) is 11.5 Å². The van der Waals surface area contributed by atoms with E-state index in [2.05, 4.69) is 16.5 Å². The third kappa shape index (κ3) is 4.31. The van der Waals surface area contributed by atoms with Crippen molar-refractivity contribution >= 4 is 5.76 Å². The molecule has 5 heteroatoms. The van der Waals surface area contributed by atoms with Gasteiger partial charge in [0.25, 0.3) is 0 Å². The van der Waals surface area contributed by atoms with Crippen LogP contribution in [0.2, 0.25) is 0 Å². The Kier molecular flexibility index (Phi) is 5.76. The zero-order valence-corrected chi connectivity index (χ0v) is 17.5. The Morgan fingerprint density at radius 3 is 2.03 bits per heavy atom. The molecule has 0 unspecified atom stereocenters. The lowest BCUT2D eigenvalue weighted by Gasteiger charge is -2.11. The number of benzene rings is 3. The molecule has 1 heterocycles. The highest BCUT2D eigenvalue weighted by Gasteiger charge is 2.15. The van der Waals surface area contributed by atoms with Crippen molar-refractivity contribution < 1.29 is 9.84 Å². The first-order chi connectivity index (χ1) is 15.1. The maximum atomic E-state index is 10.4. The fourth-order valence-corrected chi connectivity index (χ4v) is 3.30. The van der Waals surface area contributed by atoms with Crippen molar-refractivity contribution in [3.63, 3.8) is 0 Å². The average molecular weight is 409 g/mol. The van der Waals surface area contributed by atoms with Gasteiger partial charge in [-0.3, -0.25) is 0 Å². The van der Waals surface area contributed by atoms with E-state index in [4.69, 9.17) is 9.72 Å². The Hall–Kier alpha value is -3.99. The van der Waals surface area contributed by atoms with Gasteiger partial charge in [0.05, 0.1) is 12.2 Å². The second-order valence-corrected chi connectivity index (χ2v) is 7.07. The lowest BCUT2D eigenvalue weighted by Crippen LogP contribution is -2.01. The maximum Gasteiger partial charge on any atom is 0.167 e. The van der Waals surface area contributed by atoms with Crippen molar-refractivity contribution in [2.75, 3.05) is 6.61 Å². The van der Waals surface area contributed by atoms with Crippen molar-refractivity contribution in [2.45, 2.75) is 13.8 Å². The molecular formula is C26H23N3O2. The maximum absolute atomic E-state index is 10.4. The first kappa shape index (κ1) is 20.3. The molecule has 0 aliphatic heterocycles. The first-order valence-electron chi connectivity index (χ1n) is 10.1. The molecule has 4 aromatic rings. The Labute approximate surface area is 181 Å². The molecule has 3 aromatic carbocycles. The Balaban J connectivity index is 1.85. The number of rotatable bonds is 6. The summed E-state index contributed by atoms with van der Waals surface area (Å²) in [5.41, 5.74) is 4.28. The van der Waals surface area contributed by atoms with Crippen LogP contribution in [0.25, 0.3) is 39.9 Å². The number of hydrogen-bond donors (Lipinski definition) is 1. The van der Waals surface area contributed by atoms with Gasteiger partial charge in [-0.05, 0) is 31.5 Å². The van der Waals surface area contributed by atoms with Crippen LogP contribution < -0.4 is 0 Å².